The third-order valence-corrected chi connectivity index (χ3v) is 6.84. The SMILES string of the molecule is CCCCCCOc1ccc(-c2nc3s/c(=C\c4ccc(N(CC)CC)cc4)c(=O)n3n2)cc1. The van der Waals surface area contributed by atoms with Crippen molar-refractivity contribution < 1.29 is 4.74 Å². The van der Waals surface area contributed by atoms with Gasteiger partial charge in [-0.25, -0.2) is 0 Å². The Balaban J connectivity index is 1.48. The first-order valence-corrected chi connectivity index (χ1v) is 12.9. The van der Waals surface area contributed by atoms with Crippen LogP contribution in [0.3, 0.4) is 0 Å². The minimum Gasteiger partial charge on any atom is -0.494 e. The molecule has 0 unspecified atom stereocenters. The molecule has 0 bridgehead atoms. The summed E-state index contributed by atoms with van der Waals surface area (Å²) in [7, 11) is 0. The topological polar surface area (TPSA) is 59.7 Å². The summed E-state index contributed by atoms with van der Waals surface area (Å²) >= 11 is 1.36. The van der Waals surface area contributed by atoms with Crippen molar-refractivity contribution in [2.45, 2.75) is 46.5 Å². The van der Waals surface area contributed by atoms with Gasteiger partial charge in [0.1, 0.15) is 5.75 Å². The van der Waals surface area contributed by atoms with Crippen molar-refractivity contribution in [3.8, 4) is 17.1 Å². The second-order valence-corrected chi connectivity index (χ2v) is 9.25. The molecule has 4 aromatic rings. The molecular weight excluding hydrogens is 444 g/mol. The molecule has 0 aliphatic heterocycles. The number of aromatic nitrogens is 3. The van der Waals surface area contributed by atoms with Crippen LogP contribution in [0.15, 0.2) is 53.3 Å². The number of anilines is 1. The summed E-state index contributed by atoms with van der Waals surface area (Å²) in [6, 6.07) is 16.0. The molecule has 178 valence electrons. The predicted molar refractivity (Wildman–Crippen MR) is 141 cm³/mol. The maximum absolute atomic E-state index is 12.9. The highest BCUT2D eigenvalue weighted by atomic mass is 32.1. The van der Waals surface area contributed by atoms with Gasteiger partial charge in [-0.15, -0.1) is 5.10 Å². The van der Waals surface area contributed by atoms with E-state index in [4.69, 9.17) is 4.74 Å². The number of thiazole rings is 1. The number of nitrogens with zero attached hydrogens (tertiary/aromatic N) is 4. The first kappa shape index (κ1) is 24.0. The van der Waals surface area contributed by atoms with Gasteiger partial charge in [0.05, 0.1) is 11.1 Å². The van der Waals surface area contributed by atoms with Gasteiger partial charge in [-0.3, -0.25) is 4.79 Å². The molecule has 0 radical (unpaired) electrons. The average molecular weight is 477 g/mol. The van der Waals surface area contributed by atoms with E-state index in [1.807, 2.05) is 42.5 Å². The zero-order valence-corrected chi connectivity index (χ0v) is 21.0. The highest BCUT2D eigenvalue weighted by molar-refractivity contribution is 7.15. The van der Waals surface area contributed by atoms with Crippen LogP contribution in [0.1, 0.15) is 52.0 Å². The minimum absolute atomic E-state index is 0.140. The van der Waals surface area contributed by atoms with E-state index < -0.39 is 0 Å². The van der Waals surface area contributed by atoms with Crippen molar-refractivity contribution in [1.29, 1.82) is 0 Å². The highest BCUT2D eigenvalue weighted by Crippen LogP contribution is 2.21. The van der Waals surface area contributed by atoms with Gasteiger partial charge < -0.3 is 9.64 Å². The molecule has 0 aliphatic carbocycles. The Morgan fingerprint density at radius 2 is 1.71 bits per heavy atom. The second kappa shape index (κ2) is 11.3. The quantitative estimate of drug-likeness (QED) is 0.280. The Labute approximate surface area is 204 Å². The lowest BCUT2D eigenvalue weighted by molar-refractivity contribution is 0.305. The van der Waals surface area contributed by atoms with Gasteiger partial charge in [-0.2, -0.15) is 9.50 Å². The standard InChI is InChI=1S/C27H32N4O2S/c1-4-7-8-9-18-33-23-16-12-21(13-17-23)25-28-27-31(29-25)26(32)24(34-27)19-20-10-14-22(15-11-20)30(5-2)6-3/h10-17,19H,4-9,18H2,1-3H3/b24-19-. The third-order valence-electron chi connectivity index (χ3n) is 5.88. The molecule has 0 aliphatic rings. The molecule has 0 saturated heterocycles. The van der Waals surface area contributed by atoms with Crippen molar-refractivity contribution in [3.63, 3.8) is 0 Å². The van der Waals surface area contributed by atoms with E-state index >= 15 is 0 Å². The fourth-order valence-electron chi connectivity index (χ4n) is 3.90. The molecule has 0 amide bonds. The van der Waals surface area contributed by atoms with Crippen LogP contribution in [0.5, 0.6) is 5.75 Å². The van der Waals surface area contributed by atoms with Crippen LogP contribution in [0.4, 0.5) is 5.69 Å². The van der Waals surface area contributed by atoms with E-state index in [-0.39, 0.29) is 5.56 Å². The summed E-state index contributed by atoms with van der Waals surface area (Å²) in [6.45, 7) is 9.16. The van der Waals surface area contributed by atoms with Crippen molar-refractivity contribution in [2.75, 3.05) is 24.6 Å². The fourth-order valence-corrected chi connectivity index (χ4v) is 4.80. The lowest BCUT2D eigenvalue weighted by Crippen LogP contribution is -2.23. The van der Waals surface area contributed by atoms with Crippen molar-refractivity contribution >= 4 is 28.1 Å². The molecule has 6 nitrogen and oxygen atoms in total. The van der Waals surface area contributed by atoms with Crippen molar-refractivity contribution in [2.24, 2.45) is 0 Å². The lowest BCUT2D eigenvalue weighted by Gasteiger charge is -2.20. The number of benzene rings is 2. The van der Waals surface area contributed by atoms with Crippen LogP contribution >= 0.6 is 11.3 Å². The summed E-state index contributed by atoms with van der Waals surface area (Å²) < 4.78 is 7.84. The van der Waals surface area contributed by atoms with Crippen molar-refractivity contribution in [3.05, 3.63) is 69.0 Å². The van der Waals surface area contributed by atoms with Crippen molar-refractivity contribution in [1.82, 2.24) is 14.6 Å². The van der Waals surface area contributed by atoms with Crippen LogP contribution < -0.4 is 19.7 Å². The molecule has 0 N–H and O–H groups in total. The van der Waals surface area contributed by atoms with E-state index in [0.29, 0.717) is 15.3 Å². The zero-order valence-electron chi connectivity index (χ0n) is 20.2. The van der Waals surface area contributed by atoms with Crippen LogP contribution in [0.2, 0.25) is 0 Å². The Morgan fingerprint density at radius 1 is 0.971 bits per heavy atom. The van der Waals surface area contributed by atoms with Crippen LogP contribution in [-0.2, 0) is 0 Å². The lowest BCUT2D eigenvalue weighted by atomic mass is 10.2. The third kappa shape index (κ3) is 5.47. The van der Waals surface area contributed by atoms with Crippen LogP contribution in [0, 0.1) is 0 Å². The van der Waals surface area contributed by atoms with E-state index in [1.54, 1.807) is 0 Å². The second-order valence-electron chi connectivity index (χ2n) is 8.24. The number of rotatable bonds is 11. The maximum atomic E-state index is 12.9. The first-order chi connectivity index (χ1) is 16.6. The Hall–Kier alpha value is -3.19. The number of hydrogen-bond donors (Lipinski definition) is 0. The van der Waals surface area contributed by atoms with Gasteiger partial charge in [0.15, 0.2) is 5.82 Å². The fraction of sp³-hybridized carbons (Fsp3) is 0.370. The largest absolute Gasteiger partial charge is 0.494 e. The number of ether oxygens (including phenoxy) is 1. The van der Waals surface area contributed by atoms with Gasteiger partial charge in [-0.05, 0) is 68.3 Å². The number of hydrogen-bond acceptors (Lipinski definition) is 6. The molecule has 2 aromatic carbocycles. The maximum Gasteiger partial charge on any atom is 0.291 e. The average Bonchev–Trinajstić information content (AvgIpc) is 3.40. The smallest absolute Gasteiger partial charge is 0.291 e. The number of unbranched alkanes of at least 4 members (excludes halogenated alkanes) is 3. The van der Waals surface area contributed by atoms with E-state index in [0.717, 1.165) is 43.0 Å². The molecule has 4 rings (SSSR count). The summed E-state index contributed by atoms with van der Waals surface area (Å²) in [5, 5.41) is 4.47. The molecule has 0 fully saturated rings. The summed E-state index contributed by atoms with van der Waals surface area (Å²) in [6.07, 6.45) is 6.64. The minimum atomic E-state index is -0.140. The Bertz CT molecular complexity index is 1310. The summed E-state index contributed by atoms with van der Waals surface area (Å²) in [4.78, 5) is 20.4. The van der Waals surface area contributed by atoms with E-state index in [1.165, 1.54) is 40.8 Å². The normalized spacial score (nSPS) is 11.9. The van der Waals surface area contributed by atoms with Crippen LogP contribution in [0.25, 0.3) is 22.4 Å². The van der Waals surface area contributed by atoms with Crippen LogP contribution in [-0.4, -0.2) is 34.3 Å². The van der Waals surface area contributed by atoms with E-state index in [2.05, 4.69) is 47.9 Å². The summed E-state index contributed by atoms with van der Waals surface area (Å²) in [5.74, 6) is 1.39. The highest BCUT2D eigenvalue weighted by Gasteiger charge is 2.12. The molecule has 7 heteroatoms. The number of fused-ring (bicyclic) bond motifs is 1. The zero-order chi connectivity index (χ0) is 23.9. The van der Waals surface area contributed by atoms with Gasteiger partial charge in [-0.1, -0.05) is 49.7 Å². The molecule has 2 aromatic heterocycles. The molecule has 34 heavy (non-hydrogen) atoms. The van der Waals surface area contributed by atoms with Gasteiger partial charge in [0.2, 0.25) is 4.96 Å². The molecule has 2 heterocycles. The molecule has 0 spiro atoms. The first-order valence-electron chi connectivity index (χ1n) is 12.1. The monoisotopic (exact) mass is 476 g/mol. The molecule has 0 saturated carbocycles. The molecule has 0 atom stereocenters. The Kier molecular flexibility index (Phi) is 7.95. The van der Waals surface area contributed by atoms with Gasteiger partial charge in [0, 0.05) is 24.3 Å². The predicted octanol–water partition coefficient (Wildman–Crippen LogP) is 5.17. The van der Waals surface area contributed by atoms with Gasteiger partial charge in [0.25, 0.3) is 5.56 Å². The molecular formula is C27H32N4O2S. The Morgan fingerprint density at radius 3 is 2.35 bits per heavy atom. The van der Waals surface area contributed by atoms with Gasteiger partial charge >= 0.3 is 0 Å². The van der Waals surface area contributed by atoms with E-state index in [9.17, 15) is 4.79 Å². The summed E-state index contributed by atoms with van der Waals surface area (Å²) in [5.41, 5.74) is 2.90.